The number of ether oxygens (including phenoxy) is 1. The number of nitrogens with zero attached hydrogens (tertiary/aromatic N) is 1. The minimum Gasteiger partial charge on any atom is -0.489 e. The average molecular weight is 480 g/mol. The maximum absolute atomic E-state index is 12.8. The largest absolute Gasteiger partial charge is 0.489 e. The first-order valence-electron chi connectivity index (χ1n) is 11.2. The molecule has 0 aliphatic heterocycles. The molecule has 3 aromatic carbocycles. The summed E-state index contributed by atoms with van der Waals surface area (Å²) in [5, 5.41) is 4.16. The molecule has 0 fully saturated rings. The minimum absolute atomic E-state index is 0.0376. The Morgan fingerprint density at radius 3 is 2.26 bits per heavy atom. The van der Waals surface area contributed by atoms with Crippen LogP contribution in [0.2, 0.25) is 5.02 Å². The Morgan fingerprint density at radius 2 is 1.59 bits per heavy atom. The molecule has 178 valence electrons. The number of aryl methyl sites for hydroxylation is 2. The third-order valence-corrected chi connectivity index (χ3v) is 5.42. The molecule has 0 atom stereocenters. The molecule has 0 bridgehead atoms. The second-order valence-electron chi connectivity index (χ2n) is 8.20. The lowest BCUT2D eigenvalue weighted by Crippen LogP contribution is -2.49. The van der Waals surface area contributed by atoms with Gasteiger partial charge in [-0.2, -0.15) is 0 Å². The maximum Gasteiger partial charge on any atom is 0.336 e. The number of hydrogen-bond acceptors (Lipinski definition) is 3. The fraction of sp³-hybridized carbons (Fsp3) is 0.259. The molecule has 2 N–H and O–H groups in total. The lowest BCUT2D eigenvalue weighted by atomic mass is 10.0. The molecule has 0 radical (unpaired) electrons. The van der Waals surface area contributed by atoms with Gasteiger partial charge in [-0.05, 0) is 61.6 Å². The zero-order chi connectivity index (χ0) is 24.5. The highest BCUT2D eigenvalue weighted by Gasteiger charge is 2.18. The molecule has 0 saturated carbocycles. The van der Waals surface area contributed by atoms with Gasteiger partial charge in [-0.1, -0.05) is 66.2 Å². The second kappa shape index (κ2) is 12.1. The number of rotatable bonds is 8. The Kier molecular flexibility index (Phi) is 8.93. The molecule has 0 heterocycles. The molecular formula is C27H30ClN3O3. The standard InChI is InChI=1S/C27H30ClN3O3/c1-19(2)34-25-15-14-23(17-24(25)28)26(32)30-31(27(33)29-3)18-22-11-7-10-21(16-22)13-12-20-8-5-4-6-9-20/h4-11,14-17,19H,12-13,18H2,1-3H3,(H,29,33)(H,30,32). The topological polar surface area (TPSA) is 70.7 Å². The van der Waals surface area contributed by atoms with E-state index in [0.29, 0.717) is 16.3 Å². The number of urea groups is 1. The first-order chi connectivity index (χ1) is 16.4. The number of nitrogens with one attached hydrogen (secondary N) is 2. The van der Waals surface area contributed by atoms with Crippen molar-refractivity contribution in [1.29, 1.82) is 0 Å². The van der Waals surface area contributed by atoms with Crippen molar-refractivity contribution in [3.63, 3.8) is 0 Å². The van der Waals surface area contributed by atoms with Crippen LogP contribution in [-0.4, -0.2) is 30.1 Å². The molecule has 3 rings (SSSR count). The van der Waals surface area contributed by atoms with Gasteiger partial charge in [-0.15, -0.1) is 0 Å². The Balaban J connectivity index is 1.68. The van der Waals surface area contributed by atoms with E-state index >= 15 is 0 Å². The Morgan fingerprint density at radius 1 is 0.912 bits per heavy atom. The first-order valence-corrected chi connectivity index (χ1v) is 11.6. The van der Waals surface area contributed by atoms with Gasteiger partial charge in [-0.3, -0.25) is 10.2 Å². The lowest BCUT2D eigenvalue weighted by molar-refractivity contribution is 0.0819. The SMILES string of the molecule is CNC(=O)N(Cc1cccc(CCc2ccccc2)c1)NC(=O)c1ccc(OC(C)C)c(Cl)c1. The summed E-state index contributed by atoms with van der Waals surface area (Å²) in [6.07, 6.45) is 1.77. The van der Waals surface area contributed by atoms with Crippen molar-refractivity contribution in [3.8, 4) is 5.75 Å². The number of hydrazine groups is 1. The van der Waals surface area contributed by atoms with E-state index in [2.05, 4.69) is 35.0 Å². The van der Waals surface area contributed by atoms with Crippen LogP contribution in [0.3, 0.4) is 0 Å². The van der Waals surface area contributed by atoms with Crippen molar-refractivity contribution in [1.82, 2.24) is 15.8 Å². The van der Waals surface area contributed by atoms with Crippen LogP contribution >= 0.6 is 11.6 Å². The second-order valence-corrected chi connectivity index (χ2v) is 8.61. The van der Waals surface area contributed by atoms with Gasteiger partial charge in [0.05, 0.1) is 17.7 Å². The summed E-state index contributed by atoms with van der Waals surface area (Å²) in [4.78, 5) is 25.3. The van der Waals surface area contributed by atoms with Crippen LogP contribution in [-0.2, 0) is 19.4 Å². The molecule has 0 aliphatic carbocycles. The van der Waals surface area contributed by atoms with Gasteiger partial charge in [0.25, 0.3) is 5.91 Å². The van der Waals surface area contributed by atoms with Crippen LogP contribution in [0.4, 0.5) is 4.79 Å². The number of hydrogen-bond donors (Lipinski definition) is 2. The van der Waals surface area contributed by atoms with E-state index in [-0.39, 0.29) is 12.6 Å². The number of halogens is 1. The molecule has 6 nitrogen and oxygen atoms in total. The number of benzene rings is 3. The predicted octanol–water partition coefficient (Wildman–Crippen LogP) is 5.40. The number of carbonyl (C=O) groups excluding carboxylic acids is 2. The van der Waals surface area contributed by atoms with Crippen molar-refractivity contribution in [2.24, 2.45) is 0 Å². The normalized spacial score (nSPS) is 10.6. The van der Waals surface area contributed by atoms with Crippen molar-refractivity contribution in [2.45, 2.75) is 39.3 Å². The molecule has 0 aliphatic rings. The Hall–Kier alpha value is -3.51. The molecule has 3 amide bonds. The Labute approximate surface area is 205 Å². The van der Waals surface area contributed by atoms with E-state index in [9.17, 15) is 9.59 Å². The quantitative estimate of drug-likeness (QED) is 0.425. The lowest BCUT2D eigenvalue weighted by Gasteiger charge is -2.23. The van der Waals surface area contributed by atoms with Crippen LogP contribution in [0.1, 0.15) is 40.9 Å². The van der Waals surface area contributed by atoms with Gasteiger partial charge in [-0.25, -0.2) is 9.80 Å². The van der Waals surface area contributed by atoms with Crippen LogP contribution in [0.15, 0.2) is 72.8 Å². The van der Waals surface area contributed by atoms with Gasteiger partial charge >= 0.3 is 6.03 Å². The molecule has 0 aromatic heterocycles. The van der Waals surface area contributed by atoms with Crippen LogP contribution in [0.5, 0.6) is 5.75 Å². The third kappa shape index (κ3) is 7.25. The van der Waals surface area contributed by atoms with E-state index in [0.717, 1.165) is 24.0 Å². The molecule has 3 aromatic rings. The third-order valence-electron chi connectivity index (χ3n) is 5.13. The highest BCUT2D eigenvalue weighted by atomic mass is 35.5. The van der Waals surface area contributed by atoms with Gasteiger partial charge < -0.3 is 10.1 Å². The molecule has 0 spiro atoms. The summed E-state index contributed by atoms with van der Waals surface area (Å²) in [5.74, 6) is 0.0607. The molecule has 0 saturated heterocycles. The van der Waals surface area contributed by atoms with Crippen LogP contribution < -0.4 is 15.5 Å². The summed E-state index contributed by atoms with van der Waals surface area (Å²) < 4.78 is 5.62. The minimum atomic E-state index is -0.443. The fourth-order valence-corrected chi connectivity index (χ4v) is 3.70. The van der Waals surface area contributed by atoms with E-state index in [1.165, 1.54) is 23.7 Å². The zero-order valence-corrected chi connectivity index (χ0v) is 20.4. The Bertz CT molecular complexity index is 1120. The molecule has 34 heavy (non-hydrogen) atoms. The summed E-state index contributed by atoms with van der Waals surface area (Å²) in [6.45, 7) is 4.01. The van der Waals surface area contributed by atoms with Crippen molar-refractivity contribution in [2.75, 3.05) is 7.05 Å². The van der Waals surface area contributed by atoms with Crippen molar-refractivity contribution in [3.05, 3.63) is 100 Å². The highest BCUT2D eigenvalue weighted by Crippen LogP contribution is 2.26. The maximum atomic E-state index is 12.8. The van der Waals surface area contributed by atoms with Crippen LogP contribution in [0, 0.1) is 0 Å². The van der Waals surface area contributed by atoms with E-state index in [4.69, 9.17) is 16.3 Å². The van der Waals surface area contributed by atoms with Crippen molar-refractivity contribution < 1.29 is 14.3 Å². The summed E-state index contributed by atoms with van der Waals surface area (Å²) >= 11 is 6.27. The zero-order valence-electron chi connectivity index (χ0n) is 19.7. The summed E-state index contributed by atoms with van der Waals surface area (Å²) in [7, 11) is 1.52. The molecule has 0 unspecified atom stereocenters. The van der Waals surface area contributed by atoms with Crippen molar-refractivity contribution >= 4 is 23.5 Å². The monoisotopic (exact) mass is 479 g/mol. The van der Waals surface area contributed by atoms with Gasteiger partial charge in [0, 0.05) is 12.6 Å². The van der Waals surface area contributed by atoms with Gasteiger partial charge in [0.2, 0.25) is 0 Å². The smallest absolute Gasteiger partial charge is 0.336 e. The number of amides is 3. The van der Waals surface area contributed by atoms with Gasteiger partial charge in [0.15, 0.2) is 0 Å². The summed E-state index contributed by atoms with van der Waals surface area (Å²) in [5.41, 5.74) is 6.35. The summed E-state index contributed by atoms with van der Waals surface area (Å²) in [6, 6.07) is 22.7. The van der Waals surface area contributed by atoms with E-state index in [1.54, 1.807) is 12.1 Å². The van der Waals surface area contributed by atoms with E-state index in [1.807, 2.05) is 44.2 Å². The average Bonchev–Trinajstić information content (AvgIpc) is 2.83. The first kappa shape index (κ1) is 25.1. The van der Waals surface area contributed by atoms with Gasteiger partial charge in [0.1, 0.15) is 5.75 Å². The molecule has 7 heteroatoms. The van der Waals surface area contributed by atoms with Crippen LogP contribution in [0.25, 0.3) is 0 Å². The highest BCUT2D eigenvalue weighted by molar-refractivity contribution is 6.32. The van der Waals surface area contributed by atoms with E-state index < -0.39 is 11.9 Å². The predicted molar refractivity (Wildman–Crippen MR) is 135 cm³/mol. The number of carbonyl (C=O) groups is 2. The molecular weight excluding hydrogens is 450 g/mol. The fourth-order valence-electron chi connectivity index (χ4n) is 3.48.